The van der Waals surface area contributed by atoms with E-state index in [0.717, 1.165) is 54.0 Å². The molecule has 0 aliphatic carbocycles. The van der Waals surface area contributed by atoms with Crippen molar-refractivity contribution in [2.45, 2.75) is 20.3 Å². The van der Waals surface area contributed by atoms with Gasteiger partial charge in [-0.2, -0.15) is 0 Å². The number of carbonyl (C=O) groups is 1. The number of amides is 1. The summed E-state index contributed by atoms with van der Waals surface area (Å²) in [4.78, 5) is 22.7. The number of hydrogen-bond donors (Lipinski definition) is 0. The molecule has 2 heterocycles. The van der Waals surface area contributed by atoms with Crippen molar-refractivity contribution in [2.24, 2.45) is 0 Å². The maximum atomic E-state index is 13.8. The van der Waals surface area contributed by atoms with Crippen LogP contribution in [0, 0.1) is 0 Å². The highest BCUT2D eigenvalue weighted by Crippen LogP contribution is 2.33. The van der Waals surface area contributed by atoms with Crippen LogP contribution in [0.3, 0.4) is 0 Å². The summed E-state index contributed by atoms with van der Waals surface area (Å²) >= 11 is 5.06. The maximum Gasteiger partial charge on any atom is 0.260 e. The monoisotopic (exact) mass is 547 g/mol. The minimum absolute atomic E-state index is 0.0934. The highest BCUT2D eigenvalue weighted by Gasteiger charge is 2.23. The largest absolute Gasteiger partial charge is 0.490 e. The summed E-state index contributed by atoms with van der Waals surface area (Å²) in [6.45, 7) is 9.75. The standard InChI is InChI=1S/C25H30BrN3O4S/c1-3-32-21-9-6-18(16-22(21)33-4-2)24(30)29(11-5-10-28-12-14-31-15-13-28)25-27-20-8-7-19(26)17-23(20)34-25/h6-9,16-17H,3-5,10-15H2,1-2H3. The van der Waals surface area contributed by atoms with Gasteiger partial charge in [-0.1, -0.05) is 27.3 Å². The van der Waals surface area contributed by atoms with Crippen molar-refractivity contribution in [1.82, 2.24) is 9.88 Å². The van der Waals surface area contributed by atoms with Crippen LogP contribution in [0.5, 0.6) is 11.5 Å². The van der Waals surface area contributed by atoms with E-state index in [1.807, 2.05) is 38.1 Å². The van der Waals surface area contributed by atoms with Crippen molar-refractivity contribution in [1.29, 1.82) is 0 Å². The molecule has 34 heavy (non-hydrogen) atoms. The Morgan fingerprint density at radius 3 is 2.65 bits per heavy atom. The van der Waals surface area contributed by atoms with Gasteiger partial charge in [0.25, 0.3) is 5.91 Å². The molecule has 1 fully saturated rings. The fourth-order valence-electron chi connectivity index (χ4n) is 3.90. The number of ether oxygens (including phenoxy) is 3. The van der Waals surface area contributed by atoms with Crippen molar-refractivity contribution in [3.8, 4) is 11.5 Å². The number of thiazole rings is 1. The van der Waals surface area contributed by atoms with Crippen LogP contribution in [0.4, 0.5) is 5.13 Å². The average molecular weight is 549 g/mol. The molecular weight excluding hydrogens is 518 g/mol. The van der Waals surface area contributed by atoms with Gasteiger partial charge in [0.05, 0.1) is 36.6 Å². The second-order valence-electron chi connectivity index (χ2n) is 7.90. The van der Waals surface area contributed by atoms with Gasteiger partial charge >= 0.3 is 0 Å². The Morgan fingerprint density at radius 1 is 1.12 bits per heavy atom. The number of aromatic nitrogens is 1. The van der Waals surface area contributed by atoms with Gasteiger partial charge in [0.15, 0.2) is 16.6 Å². The highest BCUT2D eigenvalue weighted by molar-refractivity contribution is 9.10. The molecule has 182 valence electrons. The number of carbonyl (C=O) groups excluding carboxylic acids is 1. The molecule has 0 N–H and O–H groups in total. The zero-order chi connectivity index (χ0) is 23.9. The van der Waals surface area contributed by atoms with E-state index in [0.29, 0.717) is 42.0 Å². The quantitative estimate of drug-likeness (QED) is 0.346. The number of morpholine rings is 1. The van der Waals surface area contributed by atoms with Crippen molar-refractivity contribution in [3.05, 3.63) is 46.4 Å². The Kier molecular flexibility index (Phi) is 8.77. The van der Waals surface area contributed by atoms with Crippen LogP contribution < -0.4 is 14.4 Å². The van der Waals surface area contributed by atoms with Gasteiger partial charge in [-0.05, 0) is 56.7 Å². The summed E-state index contributed by atoms with van der Waals surface area (Å²) in [6.07, 6.45) is 0.848. The maximum absolute atomic E-state index is 13.8. The lowest BCUT2D eigenvalue weighted by Gasteiger charge is -2.27. The normalized spacial score (nSPS) is 14.3. The highest BCUT2D eigenvalue weighted by atomic mass is 79.9. The summed E-state index contributed by atoms with van der Waals surface area (Å²) in [6, 6.07) is 11.4. The first kappa shape index (κ1) is 24.9. The average Bonchev–Trinajstić information content (AvgIpc) is 3.26. The third-order valence-electron chi connectivity index (χ3n) is 5.57. The van der Waals surface area contributed by atoms with Crippen molar-refractivity contribution in [3.63, 3.8) is 0 Å². The van der Waals surface area contributed by atoms with E-state index in [2.05, 4.69) is 20.8 Å². The molecule has 4 rings (SSSR count). The molecule has 0 radical (unpaired) electrons. The lowest BCUT2D eigenvalue weighted by molar-refractivity contribution is 0.0376. The molecule has 0 spiro atoms. The molecular formula is C25H30BrN3O4S. The Labute approximate surface area is 212 Å². The SMILES string of the molecule is CCOc1ccc(C(=O)N(CCCN2CCOCC2)c2nc3ccc(Br)cc3s2)cc1OCC. The van der Waals surface area contributed by atoms with Crippen molar-refractivity contribution >= 4 is 48.5 Å². The lowest BCUT2D eigenvalue weighted by Crippen LogP contribution is -2.39. The molecule has 2 aromatic carbocycles. The summed E-state index contributed by atoms with van der Waals surface area (Å²) in [5, 5.41) is 0.701. The van der Waals surface area contributed by atoms with Gasteiger partial charge in [-0.3, -0.25) is 14.6 Å². The number of rotatable bonds is 10. The predicted octanol–water partition coefficient (Wildman–Crippen LogP) is 5.23. The zero-order valence-corrected chi connectivity index (χ0v) is 22.0. The van der Waals surface area contributed by atoms with Crippen molar-refractivity contribution in [2.75, 3.05) is 57.5 Å². The van der Waals surface area contributed by atoms with E-state index in [-0.39, 0.29) is 5.91 Å². The van der Waals surface area contributed by atoms with Gasteiger partial charge < -0.3 is 14.2 Å². The van der Waals surface area contributed by atoms with E-state index in [1.54, 1.807) is 17.0 Å². The van der Waals surface area contributed by atoms with Crippen LogP contribution in [0.25, 0.3) is 10.2 Å². The number of benzene rings is 2. The summed E-state index contributed by atoms with van der Waals surface area (Å²) in [5.74, 6) is 1.13. The van der Waals surface area contributed by atoms with Crippen LogP contribution in [0.1, 0.15) is 30.6 Å². The first-order valence-electron chi connectivity index (χ1n) is 11.7. The third-order valence-corrected chi connectivity index (χ3v) is 7.10. The van der Waals surface area contributed by atoms with Crippen LogP contribution in [-0.2, 0) is 4.74 Å². The summed E-state index contributed by atoms with van der Waals surface area (Å²) in [5.41, 5.74) is 1.44. The molecule has 0 unspecified atom stereocenters. The molecule has 7 nitrogen and oxygen atoms in total. The molecule has 9 heteroatoms. The third kappa shape index (κ3) is 6.07. The van der Waals surface area contributed by atoms with Gasteiger partial charge in [0.1, 0.15) is 0 Å². The Bertz CT molecular complexity index is 1120. The van der Waals surface area contributed by atoms with Crippen LogP contribution in [0.2, 0.25) is 0 Å². The second kappa shape index (κ2) is 12.0. The van der Waals surface area contributed by atoms with E-state index in [4.69, 9.17) is 19.2 Å². The topological polar surface area (TPSA) is 64.1 Å². The van der Waals surface area contributed by atoms with Gasteiger partial charge in [-0.15, -0.1) is 0 Å². The van der Waals surface area contributed by atoms with E-state index >= 15 is 0 Å². The summed E-state index contributed by atoms with van der Waals surface area (Å²) < 4.78 is 18.9. The number of fused-ring (bicyclic) bond motifs is 1. The number of halogens is 1. The van der Waals surface area contributed by atoms with E-state index in [1.165, 1.54) is 11.3 Å². The predicted molar refractivity (Wildman–Crippen MR) is 140 cm³/mol. The minimum Gasteiger partial charge on any atom is -0.490 e. The van der Waals surface area contributed by atoms with Crippen LogP contribution >= 0.6 is 27.3 Å². The lowest BCUT2D eigenvalue weighted by atomic mass is 10.1. The second-order valence-corrected chi connectivity index (χ2v) is 9.83. The van der Waals surface area contributed by atoms with E-state index in [9.17, 15) is 4.79 Å². The number of nitrogens with zero attached hydrogens (tertiary/aromatic N) is 3. The van der Waals surface area contributed by atoms with Crippen molar-refractivity contribution < 1.29 is 19.0 Å². The number of hydrogen-bond acceptors (Lipinski definition) is 7. The van der Waals surface area contributed by atoms with Gasteiger partial charge in [0, 0.05) is 36.2 Å². The van der Waals surface area contributed by atoms with Gasteiger partial charge in [0.2, 0.25) is 0 Å². The molecule has 1 aromatic heterocycles. The zero-order valence-electron chi connectivity index (χ0n) is 19.6. The molecule has 3 aromatic rings. The molecule has 0 atom stereocenters. The van der Waals surface area contributed by atoms with Gasteiger partial charge in [-0.25, -0.2) is 4.98 Å². The molecule has 1 aliphatic heterocycles. The fourth-order valence-corrected chi connectivity index (χ4v) is 5.44. The minimum atomic E-state index is -0.0934. The van der Waals surface area contributed by atoms with Crippen LogP contribution in [0.15, 0.2) is 40.9 Å². The van der Waals surface area contributed by atoms with E-state index < -0.39 is 0 Å². The fraction of sp³-hybridized carbons (Fsp3) is 0.440. The van der Waals surface area contributed by atoms with Crippen LogP contribution in [-0.4, -0.2) is 68.4 Å². The molecule has 1 amide bonds. The Balaban J connectivity index is 1.60. The first-order chi connectivity index (χ1) is 16.6. The molecule has 0 saturated carbocycles. The molecule has 0 bridgehead atoms. The Hall–Kier alpha value is -2.20. The first-order valence-corrected chi connectivity index (χ1v) is 13.3. The molecule has 1 saturated heterocycles. The number of anilines is 1. The Morgan fingerprint density at radius 2 is 1.88 bits per heavy atom. The summed E-state index contributed by atoms with van der Waals surface area (Å²) in [7, 11) is 0. The smallest absolute Gasteiger partial charge is 0.260 e. The molecule has 1 aliphatic rings.